The number of carbonyl (C=O) groups excluding carboxylic acids is 1. The van der Waals surface area contributed by atoms with Gasteiger partial charge in [-0.25, -0.2) is 0 Å². The summed E-state index contributed by atoms with van der Waals surface area (Å²) in [5, 5.41) is 11.7. The van der Waals surface area contributed by atoms with Crippen LogP contribution >= 0.6 is 23.2 Å². The lowest BCUT2D eigenvalue weighted by Crippen LogP contribution is -2.44. The van der Waals surface area contributed by atoms with Gasteiger partial charge in [0.05, 0.1) is 10.0 Å². The minimum absolute atomic E-state index is 0.311. The summed E-state index contributed by atoms with van der Waals surface area (Å²) >= 11 is 11.6. The second kappa shape index (κ2) is 6.63. The third-order valence-electron chi connectivity index (χ3n) is 2.30. The molecule has 0 radical (unpaired) electrons. The van der Waals surface area contributed by atoms with Crippen LogP contribution in [0.2, 0.25) is 10.0 Å². The zero-order valence-electron chi connectivity index (χ0n) is 10.3. The Morgan fingerprint density at radius 2 is 1.89 bits per heavy atom. The fourth-order valence-corrected chi connectivity index (χ4v) is 1.49. The van der Waals surface area contributed by atoms with Crippen LogP contribution in [0.4, 0.5) is 0 Å². The predicted molar refractivity (Wildman–Crippen MR) is 71.8 cm³/mol. The first-order valence-electron chi connectivity index (χ1n) is 5.46. The molecule has 0 heterocycles. The number of aliphatic carboxylic acids is 1. The predicted octanol–water partition coefficient (Wildman–Crippen LogP) is 2.35. The Morgan fingerprint density at radius 3 is 2.42 bits per heavy atom. The zero-order valence-corrected chi connectivity index (χ0v) is 11.8. The van der Waals surface area contributed by atoms with Crippen LogP contribution in [0.1, 0.15) is 13.8 Å². The van der Waals surface area contributed by atoms with E-state index in [0.29, 0.717) is 15.8 Å². The summed E-state index contributed by atoms with van der Waals surface area (Å²) in [7, 11) is 0. The highest BCUT2D eigenvalue weighted by molar-refractivity contribution is 6.42. The Balaban J connectivity index is 2.63. The van der Waals surface area contributed by atoms with Gasteiger partial charge in [0, 0.05) is 6.07 Å². The van der Waals surface area contributed by atoms with Crippen molar-refractivity contribution in [1.82, 2.24) is 5.32 Å². The van der Waals surface area contributed by atoms with Crippen LogP contribution in [0.25, 0.3) is 0 Å². The van der Waals surface area contributed by atoms with Crippen LogP contribution in [-0.4, -0.2) is 29.1 Å². The molecule has 0 saturated heterocycles. The van der Waals surface area contributed by atoms with Gasteiger partial charge in [0.2, 0.25) is 0 Å². The molecule has 0 aliphatic heterocycles. The summed E-state index contributed by atoms with van der Waals surface area (Å²) in [5.41, 5.74) is 0. The first kappa shape index (κ1) is 15.6. The molecule has 0 aliphatic rings. The first-order valence-corrected chi connectivity index (χ1v) is 6.21. The van der Waals surface area contributed by atoms with Gasteiger partial charge in [-0.3, -0.25) is 9.59 Å². The van der Waals surface area contributed by atoms with Crippen LogP contribution < -0.4 is 10.1 Å². The lowest BCUT2D eigenvalue weighted by atomic mass is 10.3. The number of carboxylic acid groups (broad SMARTS) is 1. The second-order valence-corrected chi connectivity index (χ2v) is 4.72. The molecule has 0 saturated carbocycles. The third kappa shape index (κ3) is 4.61. The largest absolute Gasteiger partial charge is 0.481 e. The molecule has 2 atom stereocenters. The van der Waals surface area contributed by atoms with Crippen LogP contribution in [0.5, 0.6) is 5.75 Å². The number of benzene rings is 1. The number of nitrogens with one attached hydrogen (secondary N) is 1. The Hall–Kier alpha value is -1.46. The molecule has 7 heteroatoms. The van der Waals surface area contributed by atoms with Crippen molar-refractivity contribution < 1.29 is 19.4 Å². The highest BCUT2D eigenvalue weighted by Gasteiger charge is 2.20. The zero-order chi connectivity index (χ0) is 14.6. The van der Waals surface area contributed by atoms with Gasteiger partial charge in [0.25, 0.3) is 5.91 Å². The van der Waals surface area contributed by atoms with Crippen molar-refractivity contribution in [3.63, 3.8) is 0 Å². The molecule has 1 unspecified atom stereocenters. The smallest absolute Gasteiger partial charge is 0.325 e. The Bertz CT molecular complexity index is 493. The van der Waals surface area contributed by atoms with Crippen molar-refractivity contribution in [3.8, 4) is 5.75 Å². The number of rotatable bonds is 5. The molecule has 1 aromatic carbocycles. The minimum atomic E-state index is -1.12. The molecule has 0 aliphatic carbocycles. The fraction of sp³-hybridized carbons (Fsp3) is 0.333. The van der Waals surface area contributed by atoms with Crippen molar-refractivity contribution in [1.29, 1.82) is 0 Å². The van der Waals surface area contributed by atoms with Gasteiger partial charge in [-0.1, -0.05) is 23.2 Å². The molecule has 1 rings (SSSR count). The first-order chi connectivity index (χ1) is 8.81. The molecule has 5 nitrogen and oxygen atoms in total. The van der Waals surface area contributed by atoms with E-state index < -0.39 is 24.0 Å². The maximum atomic E-state index is 11.7. The van der Waals surface area contributed by atoms with Gasteiger partial charge >= 0.3 is 5.97 Å². The molecule has 19 heavy (non-hydrogen) atoms. The van der Waals surface area contributed by atoms with Gasteiger partial charge in [-0.15, -0.1) is 0 Å². The molecule has 1 amide bonds. The van der Waals surface area contributed by atoms with E-state index in [1.54, 1.807) is 12.1 Å². The normalized spacial score (nSPS) is 13.5. The lowest BCUT2D eigenvalue weighted by molar-refractivity contribution is -0.142. The van der Waals surface area contributed by atoms with Crippen molar-refractivity contribution in [2.24, 2.45) is 0 Å². The van der Waals surface area contributed by atoms with Gasteiger partial charge < -0.3 is 15.2 Å². The monoisotopic (exact) mass is 305 g/mol. The van der Waals surface area contributed by atoms with E-state index in [9.17, 15) is 9.59 Å². The SMILES string of the molecule is CC(Oc1ccc(Cl)c(Cl)c1)C(=O)N[C@@H](C)C(=O)O. The van der Waals surface area contributed by atoms with E-state index in [2.05, 4.69) is 5.32 Å². The van der Waals surface area contributed by atoms with E-state index in [-0.39, 0.29) is 0 Å². The highest BCUT2D eigenvalue weighted by Crippen LogP contribution is 2.26. The van der Waals surface area contributed by atoms with Gasteiger partial charge in [0.15, 0.2) is 6.10 Å². The molecular formula is C12H13Cl2NO4. The van der Waals surface area contributed by atoms with Crippen molar-refractivity contribution in [2.75, 3.05) is 0 Å². The average Bonchev–Trinajstić information content (AvgIpc) is 2.33. The number of halogens is 2. The maximum absolute atomic E-state index is 11.7. The van der Waals surface area contributed by atoms with E-state index in [1.165, 1.54) is 19.9 Å². The molecule has 0 aromatic heterocycles. The molecule has 104 valence electrons. The Morgan fingerprint density at radius 1 is 1.26 bits per heavy atom. The Labute approximate surface area is 120 Å². The quantitative estimate of drug-likeness (QED) is 0.875. The molecule has 0 spiro atoms. The molecule has 0 fully saturated rings. The summed E-state index contributed by atoms with van der Waals surface area (Å²) in [4.78, 5) is 22.3. The average molecular weight is 306 g/mol. The number of amides is 1. The Kier molecular flexibility index (Phi) is 5.44. The topological polar surface area (TPSA) is 75.6 Å². The minimum Gasteiger partial charge on any atom is -0.481 e. The molecule has 1 aromatic rings. The fourth-order valence-electron chi connectivity index (χ4n) is 1.20. The van der Waals surface area contributed by atoms with E-state index in [1.807, 2.05) is 0 Å². The van der Waals surface area contributed by atoms with Crippen molar-refractivity contribution in [2.45, 2.75) is 26.0 Å². The van der Waals surface area contributed by atoms with Crippen molar-refractivity contribution in [3.05, 3.63) is 28.2 Å². The van der Waals surface area contributed by atoms with Crippen molar-refractivity contribution >= 4 is 35.1 Å². The number of ether oxygens (including phenoxy) is 1. The molecule has 0 bridgehead atoms. The summed E-state index contributed by atoms with van der Waals surface area (Å²) in [6.45, 7) is 2.87. The summed E-state index contributed by atoms with van der Waals surface area (Å²) in [6.07, 6.45) is -0.848. The highest BCUT2D eigenvalue weighted by atomic mass is 35.5. The second-order valence-electron chi connectivity index (χ2n) is 3.90. The summed E-state index contributed by atoms with van der Waals surface area (Å²) in [6, 6.07) is 3.61. The molecule has 2 N–H and O–H groups in total. The number of hydrogen-bond acceptors (Lipinski definition) is 3. The van der Waals surface area contributed by atoms with Gasteiger partial charge in [-0.2, -0.15) is 0 Å². The van der Waals surface area contributed by atoms with Crippen LogP contribution in [0, 0.1) is 0 Å². The summed E-state index contributed by atoms with van der Waals surface area (Å²) in [5.74, 6) is -1.27. The standard InChI is InChI=1S/C12H13Cl2NO4/c1-6(12(17)18)15-11(16)7(2)19-8-3-4-9(13)10(14)5-8/h3-7H,1-2H3,(H,15,16)(H,17,18)/t6-,7?/m0/s1. The van der Waals surface area contributed by atoms with E-state index in [4.69, 9.17) is 33.0 Å². The van der Waals surface area contributed by atoms with Gasteiger partial charge in [-0.05, 0) is 26.0 Å². The third-order valence-corrected chi connectivity index (χ3v) is 3.04. The number of carboxylic acids is 1. The number of carbonyl (C=O) groups is 2. The van der Waals surface area contributed by atoms with E-state index in [0.717, 1.165) is 0 Å². The number of hydrogen-bond donors (Lipinski definition) is 2. The summed E-state index contributed by atoms with van der Waals surface area (Å²) < 4.78 is 5.34. The van der Waals surface area contributed by atoms with Gasteiger partial charge in [0.1, 0.15) is 11.8 Å². The van der Waals surface area contributed by atoms with Crippen LogP contribution in [0.3, 0.4) is 0 Å². The van der Waals surface area contributed by atoms with E-state index >= 15 is 0 Å². The maximum Gasteiger partial charge on any atom is 0.325 e. The van der Waals surface area contributed by atoms with Crippen LogP contribution in [-0.2, 0) is 9.59 Å². The molecular weight excluding hydrogens is 293 g/mol. The van der Waals surface area contributed by atoms with Crippen LogP contribution in [0.15, 0.2) is 18.2 Å². The lowest BCUT2D eigenvalue weighted by Gasteiger charge is -2.16.